The second-order valence-corrected chi connectivity index (χ2v) is 6.61. The molecule has 2 aromatic carbocycles. The van der Waals surface area contributed by atoms with Crippen molar-refractivity contribution in [1.29, 1.82) is 0 Å². The largest absolute Gasteiger partial charge is 0.504 e. The van der Waals surface area contributed by atoms with E-state index in [2.05, 4.69) is 19.2 Å². The molecule has 6 nitrogen and oxygen atoms in total. The lowest BCUT2D eigenvalue weighted by Gasteiger charge is -2.13. The van der Waals surface area contributed by atoms with E-state index in [0.29, 0.717) is 22.9 Å². The Morgan fingerprint density at radius 2 is 1.75 bits per heavy atom. The summed E-state index contributed by atoms with van der Waals surface area (Å²) in [5.41, 5.74) is 2.46. The third-order valence-corrected chi connectivity index (χ3v) is 4.12. The highest BCUT2D eigenvalue weighted by Crippen LogP contribution is 2.26. The number of hydrogen-bond donors (Lipinski definition) is 2. The summed E-state index contributed by atoms with van der Waals surface area (Å²) in [6.45, 7) is 5.70. The van der Waals surface area contributed by atoms with Crippen LogP contribution < -0.4 is 10.1 Å². The van der Waals surface area contributed by atoms with Gasteiger partial charge in [0.25, 0.3) is 5.91 Å². The molecule has 0 saturated heterocycles. The van der Waals surface area contributed by atoms with E-state index in [1.807, 2.05) is 24.3 Å². The molecule has 0 spiro atoms. The van der Waals surface area contributed by atoms with Crippen LogP contribution in [0.2, 0.25) is 0 Å². The van der Waals surface area contributed by atoms with Gasteiger partial charge in [0.15, 0.2) is 17.6 Å². The monoisotopic (exact) mass is 383 g/mol. The zero-order chi connectivity index (χ0) is 20.7. The average molecular weight is 383 g/mol. The van der Waals surface area contributed by atoms with E-state index in [4.69, 9.17) is 9.47 Å². The van der Waals surface area contributed by atoms with E-state index >= 15 is 0 Å². The molecule has 1 atom stereocenters. The molecule has 0 unspecified atom stereocenters. The average Bonchev–Trinajstić information content (AvgIpc) is 2.67. The highest BCUT2D eigenvalue weighted by molar-refractivity contribution is 5.96. The van der Waals surface area contributed by atoms with E-state index in [1.54, 1.807) is 12.1 Å². The number of rotatable bonds is 7. The van der Waals surface area contributed by atoms with Crippen molar-refractivity contribution in [3.8, 4) is 11.5 Å². The lowest BCUT2D eigenvalue weighted by molar-refractivity contribution is -0.148. The first-order chi connectivity index (χ1) is 13.3. The number of esters is 1. The molecule has 0 fully saturated rings. The maximum atomic E-state index is 12.2. The van der Waals surface area contributed by atoms with Gasteiger partial charge in [0.2, 0.25) is 0 Å². The Balaban J connectivity index is 1.91. The summed E-state index contributed by atoms with van der Waals surface area (Å²) in [4.78, 5) is 24.2. The van der Waals surface area contributed by atoms with Crippen molar-refractivity contribution in [1.82, 2.24) is 0 Å². The Morgan fingerprint density at radius 3 is 2.36 bits per heavy atom. The lowest BCUT2D eigenvalue weighted by atomic mass is 10.0. The summed E-state index contributed by atoms with van der Waals surface area (Å²) in [5.74, 6) is -0.346. The van der Waals surface area contributed by atoms with Crippen molar-refractivity contribution in [2.75, 3.05) is 12.4 Å². The topological polar surface area (TPSA) is 84.9 Å². The number of aromatic hydroxyl groups is 1. The summed E-state index contributed by atoms with van der Waals surface area (Å²) in [6.07, 6.45) is 1.78. The predicted molar refractivity (Wildman–Crippen MR) is 108 cm³/mol. The third kappa shape index (κ3) is 5.87. The van der Waals surface area contributed by atoms with Gasteiger partial charge in [-0.15, -0.1) is 0 Å². The van der Waals surface area contributed by atoms with E-state index in [1.165, 1.54) is 37.8 Å². The zero-order valence-corrected chi connectivity index (χ0v) is 16.4. The molecule has 148 valence electrons. The van der Waals surface area contributed by atoms with Crippen LogP contribution in [-0.4, -0.2) is 30.2 Å². The van der Waals surface area contributed by atoms with Crippen LogP contribution in [0.4, 0.5) is 5.69 Å². The van der Waals surface area contributed by atoms with Crippen LogP contribution in [-0.2, 0) is 14.3 Å². The number of carbonyl (C=O) groups excluding carboxylic acids is 2. The van der Waals surface area contributed by atoms with Crippen LogP contribution in [0.25, 0.3) is 6.08 Å². The molecule has 0 saturated carbocycles. The first-order valence-electron chi connectivity index (χ1n) is 8.96. The standard InChI is InChI=1S/C22H25NO5/c1-14(2)17-7-9-18(10-8-17)23-22(26)15(3)28-21(25)12-6-16-5-11-19(24)20(13-16)27-4/h5-15,24H,1-4H3,(H,23,26)/b12-6+/t15-/m1/s1. The summed E-state index contributed by atoms with van der Waals surface area (Å²) < 4.78 is 10.1. The molecule has 0 heterocycles. The summed E-state index contributed by atoms with van der Waals surface area (Å²) in [6, 6.07) is 12.2. The van der Waals surface area contributed by atoms with E-state index < -0.39 is 18.0 Å². The first kappa shape index (κ1) is 21.0. The number of phenolic OH excluding ortho intramolecular Hbond substituents is 1. The number of carbonyl (C=O) groups is 2. The van der Waals surface area contributed by atoms with Crippen LogP contribution in [0, 0.1) is 0 Å². The molecule has 2 N–H and O–H groups in total. The van der Waals surface area contributed by atoms with Gasteiger partial charge in [-0.1, -0.05) is 32.0 Å². The second kappa shape index (κ2) is 9.60. The van der Waals surface area contributed by atoms with Crippen molar-refractivity contribution >= 4 is 23.6 Å². The molecule has 1 amide bonds. The molecule has 0 bridgehead atoms. The number of nitrogens with one attached hydrogen (secondary N) is 1. The maximum Gasteiger partial charge on any atom is 0.331 e. The van der Waals surface area contributed by atoms with E-state index in [-0.39, 0.29) is 5.75 Å². The quantitative estimate of drug-likeness (QED) is 0.555. The highest BCUT2D eigenvalue weighted by atomic mass is 16.5. The number of ether oxygens (including phenoxy) is 2. The number of amides is 1. The second-order valence-electron chi connectivity index (χ2n) is 6.61. The van der Waals surface area contributed by atoms with E-state index in [9.17, 15) is 14.7 Å². The Labute approximate surface area is 164 Å². The summed E-state index contributed by atoms with van der Waals surface area (Å²) >= 11 is 0. The smallest absolute Gasteiger partial charge is 0.331 e. The minimum atomic E-state index is -0.948. The fourth-order valence-corrected chi connectivity index (χ4v) is 2.42. The minimum Gasteiger partial charge on any atom is -0.504 e. The zero-order valence-electron chi connectivity index (χ0n) is 16.4. The van der Waals surface area contributed by atoms with Crippen LogP contribution in [0.5, 0.6) is 11.5 Å². The van der Waals surface area contributed by atoms with Crippen LogP contribution >= 0.6 is 0 Å². The number of hydrogen-bond acceptors (Lipinski definition) is 5. The van der Waals surface area contributed by atoms with Gasteiger partial charge in [0.1, 0.15) is 0 Å². The van der Waals surface area contributed by atoms with Gasteiger partial charge in [-0.05, 0) is 54.3 Å². The number of benzene rings is 2. The maximum absolute atomic E-state index is 12.2. The van der Waals surface area contributed by atoms with Crippen molar-refractivity contribution in [2.24, 2.45) is 0 Å². The van der Waals surface area contributed by atoms with Crippen LogP contribution in [0.1, 0.15) is 37.8 Å². The molecule has 0 aliphatic carbocycles. The minimum absolute atomic E-state index is 0.00828. The highest BCUT2D eigenvalue weighted by Gasteiger charge is 2.16. The molecule has 0 aliphatic rings. The Morgan fingerprint density at radius 1 is 1.07 bits per heavy atom. The molecule has 0 radical (unpaired) electrons. The van der Waals surface area contributed by atoms with Crippen molar-refractivity contribution in [3.05, 3.63) is 59.7 Å². The summed E-state index contributed by atoms with van der Waals surface area (Å²) in [5, 5.41) is 12.3. The van der Waals surface area contributed by atoms with Gasteiger partial charge in [-0.2, -0.15) is 0 Å². The molecule has 6 heteroatoms. The van der Waals surface area contributed by atoms with Crippen LogP contribution in [0.15, 0.2) is 48.5 Å². The predicted octanol–water partition coefficient (Wildman–Crippen LogP) is 4.11. The van der Waals surface area contributed by atoms with Gasteiger partial charge in [0.05, 0.1) is 7.11 Å². The SMILES string of the molecule is COc1cc(/C=C/C(=O)O[C@H](C)C(=O)Nc2ccc(C(C)C)cc2)ccc1O. The number of anilines is 1. The molecule has 2 aromatic rings. The number of phenols is 1. The molecular formula is C22H25NO5. The Hall–Kier alpha value is -3.28. The van der Waals surface area contributed by atoms with Gasteiger partial charge in [0, 0.05) is 11.8 Å². The fourth-order valence-electron chi connectivity index (χ4n) is 2.42. The van der Waals surface area contributed by atoms with E-state index in [0.717, 1.165) is 0 Å². The van der Waals surface area contributed by atoms with Gasteiger partial charge in [-0.25, -0.2) is 4.79 Å². The van der Waals surface area contributed by atoms with Gasteiger partial charge >= 0.3 is 5.97 Å². The Bertz CT molecular complexity index is 856. The molecular weight excluding hydrogens is 358 g/mol. The number of methoxy groups -OCH3 is 1. The van der Waals surface area contributed by atoms with Crippen LogP contribution in [0.3, 0.4) is 0 Å². The van der Waals surface area contributed by atoms with Gasteiger partial charge < -0.3 is 19.9 Å². The third-order valence-electron chi connectivity index (χ3n) is 4.12. The first-order valence-corrected chi connectivity index (χ1v) is 8.96. The van der Waals surface area contributed by atoms with Crippen molar-refractivity contribution in [2.45, 2.75) is 32.8 Å². The Kier molecular flexibility index (Phi) is 7.21. The molecule has 0 aromatic heterocycles. The molecule has 28 heavy (non-hydrogen) atoms. The molecule has 2 rings (SSSR count). The lowest BCUT2D eigenvalue weighted by Crippen LogP contribution is -2.29. The normalized spacial score (nSPS) is 12.0. The van der Waals surface area contributed by atoms with Crippen molar-refractivity contribution in [3.63, 3.8) is 0 Å². The summed E-state index contributed by atoms with van der Waals surface area (Å²) in [7, 11) is 1.44. The molecule has 0 aliphatic heterocycles. The van der Waals surface area contributed by atoms with Crippen molar-refractivity contribution < 1.29 is 24.2 Å². The van der Waals surface area contributed by atoms with Gasteiger partial charge in [-0.3, -0.25) is 4.79 Å². The fraction of sp³-hybridized carbons (Fsp3) is 0.273.